The second-order valence-corrected chi connectivity index (χ2v) is 6.40. The second-order valence-electron chi connectivity index (χ2n) is 5.62. The molecular formula is C15H25NS. The van der Waals surface area contributed by atoms with Gasteiger partial charge in [-0.15, -0.1) is 0 Å². The molecule has 0 radical (unpaired) electrons. The Hall–Kier alpha value is -0.340. The van der Waals surface area contributed by atoms with Gasteiger partial charge in [0.25, 0.3) is 0 Å². The average molecular weight is 251 g/mol. The Morgan fingerprint density at radius 2 is 2.12 bits per heavy atom. The van der Waals surface area contributed by atoms with E-state index in [0.29, 0.717) is 6.04 Å². The molecule has 0 amide bonds. The molecule has 2 unspecified atom stereocenters. The Bertz CT molecular complexity index is 305. The van der Waals surface area contributed by atoms with E-state index in [1.54, 1.807) is 5.56 Å². The molecule has 0 saturated heterocycles. The van der Waals surface area contributed by atoms with Gasteiger partial charge in [-0.2, -0.15) is 11.3 Å². The van der Waals surface area contributed by atoms with Crippen molar-refractivity contribution in [1.82, 2.24) is 5.32 Å². The summed E-state index contributed by atoms with van der Waals surface area (Å²) in [7, 11) is 0. The van der Waals surface area contributed by atoms with Crippen LogP contribution in [0.4, 0.5) is 0 Å². The second kappa shape index (κ2) is 6.55. The fraction of sp³-hybridized carbons (Fsp3) is 0.733. The SMILES string of the molecule is CC(C)NCC1CCCCCC1c1ccsc1. The number of hydrogen-bond donors (Lipinski definition) is 1. The van der Waals surface area contributed by atoms with Gasteiger partial charge in [0, 0.05) is 6.04 Å². The highest BCUT2D eigenvalue weighted by Crippen LogP contribution is 2.37. The van der Waals surface area contributed by atoms with Crippen LogP contribution in [0.1, 0.15) is 57.4 Å². The zero-order valence-corrected chi connectivity index (χ0v) is 11.9. The predicted octanol–water partition coefficient (Wildman–Crippen LogP) is 4.41. The van der Waals surface area contributed by atoms with Gasteiger partial charge in [-0.3, -0.25) is 0 Å². The van der Waals surface area contributed by atoms with Crippen molar-refractivity contribution in [2.75, 3.05) is 6.54 Å². The Kier molecular flexibility index (Phi) is 5.05. The van der Waals surface area contributed by atoms with Crippen molar-refractivity contribution >= 4 is 11.3 Å². The summed E-state index contributed by atoms with van der Waals surface area (Å²) in [6.07, 6.45) is 7.06. The van der Waals surface area contributed by atoms with Crippen LogP contribution in [0.15, 0.2) is 16.8 Å². The molecule has 1 saturated carbocycles. The molecule has 0 aromatic carbocycles. The maximum atomic E-state index is 3.64. The van der Waals surface area contributed by atoms with E-state index in [1.807, 2.05) is 11.3 Å². The van der Waals surface area contributed by atoms with Crippen molar-refractivity contribution in [3.05, 3.63) is 22.4 Å². The fourth-order valence-electron chi connectivity index (χ4n) is 2.94. The van der Waals surface area contributed by atoms with E-state index < -0.39 is 0 Å². The smallest absolute Gasteiger partial charge is 0.00104 e. The lowest BCUT2D eigenvalue weighted by Gasteiger charge is -2.26. The first-order valence-corrected chi connectivity index (χ1v) is 7.97. The van der Waals surface area contributed by atoms with Gasteiger partial charge in [-0.05, 0) is 53.6 Å². The highest BCUT2D eigenvalue weighted by atomic mass is 32.1. The van der Waals surface area contributed by atoms with Crippen LogP contribution in [-0.2, 0) is 0 Å². The van der Waals surface area contributed by atoms with Gasteiger partial charge in [0.15, 0.2) is 0 Å². The zero-order valence-electron chi connectivity index (χ0n) is 11.1. The van der Waals surface area contributed by atoms with E-state index >= 15 is 0 Å². The molecule has 1 fully saturated rings. The number of hydrogen-bond acceptors (Lipinski definition) is 2. The third-order valence-electron chi connectivity index (χ3n) is 3.92. The topological polar surface area (TPSA) is 12.0 Å². The summed E-state index contributed by atoms with van der Waals surface area (Å²) >= 11 is 1.85. The van der Waals surface area contributed by atoms with Gasteiger partial charge in [0.2, 0.25) is 0 Å². The van der Waals surface area contributed by atoms with Crippen molar-refractivity contribution in [2.45, 2.75) is 57.9 Å². The molecule has 1 N–H and O–H groups in total. The maximum absolute atomic E-state index is 3.64. The number of rotatable bonds is 4. The number of nitrogens with one attached hydrogen (secondary N) is 1. The average Bonchev–Trinajstić information content (AvgIpc) is 2.72. The monoisotopic (exact) mass is 251 g/mol. The third-order valence-corrected chi connectivity index (χ3v) is 4.62. The molecule has 1 aromatic heterocycles. The van der Waals surface area contributed by atoms with E-state index in [2.05, 4.69) is 36.0 Å². The Labute approximate surface area is 110 Å². The first kappa shape index (κ1) is 13.1. The molecule has 0 aliphatic heterocycles. The Morgan fingerprint density at radius 1 is 1.29 bits per heavy atom. The van der Waals surface area contributed by atoms with Crippen LogP contribution in [-0.4, -0.2) is 12.6 Å². The van der Waals surface area contributed by atoms with E-state index in [-0.39, 0.29) is 0 Å². The van der Waals surface area contributed by atoms with Gasteiger partial charge >= 0.3 is 0 Å². The largest absolute Gasteiger partial charge is 0.314 e. The van der Waals surface area contributed by atoms with Crippen molar-refractivity contribution in [3.8, 4) is 0 Å². The first-order chi connectivity index (χ1) is 8.27. The van der Waals surface area contributed by atoms with Crippen LogP contribution in [0, 0.1) is 5.92 Å². The molecule has 1 aliphatic rings. The maximum Gasteiger partial charge on any atom is 0.00104 e. The van der Waals surface area contributed by atoms with Gasteiger partial charge in [0.1, 0.15) is 0 Å². The van der Waals surface area contributed by atoms with Gasteiger partial charge in [-0.1, -0.05) is 33.1 Å². The van der Waals surface area contributed by atoms with E-state index in [1.165, 1.54) is 38.6 Å². The first-order valence-electron chi connectivity index (χ1n) is 7.03. The summed E-state index contributed by atoms with van der Waals surface area (Å²) in [6, 6.07) is 2.95. The molecule has 1 aromatic rings. The molecule has 1 heterocycles. The summed E-state index contributed by atoms with van der Waals surface area (Å²) in [6.45, 7) is 5.69. The molecule has 2 atom stereocenters. The molecule has 1 aliphatic carbocycles. The lowest BCUT2D eigenvalue weighted by molar-refractivity contribution is 0.363. The van der Waals surface area contributed by atoms with Gasteiger partial charge in [-0.25, -0.2) is 0 Å². The molecule has 96 valence electrons. The minimum Gasteiger partial charge on any atom is -0.314 e. The molecule has 2 heteroatoms. The molecule has 0 bridgehead atoms. The van der Waals surface area contributed by atoms with Crippen LogP contribution in [0.25, 0.3) is 0 Å². The van der Waals surface area contributed by atoms with E-state index in [0.717, 1.165) is 11.8 Å². The minimum atomic E-state index is 0.612. The Balaban J connectivity index is 2.02. The third kappa shape index (κ3) is 3.82. The summed E-state index contributed by atoms with van der Waals surface area (Å²) in [5.74, 6) is 1.64. The lowest BCUT2D eigenvalue weighted by atomic mass is 9.83. The van der Waals surface area contributed by atoms with Crippen molar-refractivity contribution in [3.63, 3.8) is 0 Å². The van der Waals surface area contributed by atoms with Crippen LogP contribution in [0.3, 0.4) is 0 Å². The van der Waals surface area contributed by atoms with Crippen LogP contribution < -0.4 is 5.32 Å². The molecular weight excluding hydrogens is 226 g/mol. The van der Waals surface area contributed by atoms with Crippen molar-refractivity contribution in [2.24, 2.45) is 5.92 Å². The predicted molar refractivity (Wildman–Crippen MR) is 76.8 cm³/mol. The van der Waals surface area contributed by atoms with Gasteiger partial charge in [0.05, 0.1) is 0 Å². The number of thiophene rings is 1. The highest BCUT2D eigenvalue weighted by molar-refractivity contribution is 7.07. The normalized spacial score (nSPS) is 26.1. The lowest BCUT2D eigenvalue weighted by Crippen LogP contribution is -2.31. The summed E-state index contributed by atoms with van der Waals surface area (Å²) in [5.41, 5.74) is 1.59. The quantitative estimate of drug-likeness (QED) is 0.782. The van der Waals surface area contributed by atoms with Crippen LogP contribution in [0.5, 0.6) is 0 Å². The summed E-state index contributed by atoms with van der Waals surface area (Å²) in [4.78, 5) is 0. The van der Waals surface area contributed by atoms with Crippen molar-refractivity contribution in [1.29, 1.82) is 0 Å². The minimum absolute atomic E-state index is 0.612. The highest BCUT2D eigenvalue weighted by Gasteiger charge is 2.25. The van der Waals surface area contributed by atoms with E-state index in [9.17, 15) is 0 Å². The van der Waals surface area contributed by atoms with Crippen LogP contribution in [0.2, 0.25) is 0 Å². The van der Waals surface area contributed by atoms with E-state index in [4.69, 9.17) is 0 Å². The molecule has 1 nitrogen and oxygen atoms in total. The fourth-order valence-corrected chi connectivity index (χ4v) is 3.67. The Morgan fingerprint density at radius 3 is 2.82 bits per heavy atom. The van der Waals surface area contributed by atoms with Crippen LogP contribution >= 0.6 is 11.3 Å². The summed E-state index contributed by atoms with van der Waals surface area (Å²) in [5, 5.41) is 8.23. The zero-order chi connectivity index (χ0) is 12.1. The molecule has 17 heavy (non-hydrogen) atoms. The molecule has 0 spiro atoms. The van der Waals surface area contributed by atoms with Crippen molar-refractivity contribution < 1.29 is 0 Å². The summed E-state index contributed by atoms with van der Waals surface area (Å²) < 4.78 is 0. The van der Waals surface area contributed by atoms with Gasteiger partial charge < -0.3 is 5.32 Å². The standard InChI is InChI=1S/C15H25NS/c1-12(2)16-10-13-6-4-3-5-7-15(13)14-8-9-17-11-14/h8-9,11-13,15-16H,3-7,10H2,1-2H3. The molecule has 2 rings (SSSR count).